The molecule has 2 aromatic carbocycles. The number of carbonyl (C=O) groups excluding carboxylic acids is 3. The largest absolute Gasteiger partial charge is 0.352 e. The number of rotatable bonds is 10. The van der Waals surface area contributed by atoms with Crippen molar-refractivity contribution < 1.29 is 19.6 Å². The number of aromatic nitrogens is 1. The molecule has 3 amide bonds. The molecule has 3 aromatic rings. The highest BCUT2D eigenvalue weighted by atomic mass is 16.5. The summed E-state index contributed by atoms with van der Waals surface area (Å²) in [7, 11) is 0. The van der Waals surface area contributed by atoms with Crippen LogP contribution in [0.15, 0.2) is 60.8 Å². The molecular weight excluding hydrogens is 456 g/mol. The average molecular weight is 491 g/mol. The number of hydrogen-bond donors (Lipinski definition) is 4. The van der Waals surface area contributed by atoms with Crippen LogP contribution in [0.2, 0.25) is 0 Å². The van der Waals surface area contributed by atoms with Gasteiger partial charge in [0.15, 0.2) is 0 Å². The number of pyridine rings is 1. The molecule has 0 bridgehead atoms. The Balaban J connectivity index is 1.54. The lowest BCUT2D eigenvalue weighted by Gasteiger charge is -2.34. The fourth-order valence-electron chi connectivity index (χ4n) is 4.68. The lowest BCUT2D eigenvalue weighted by molar-refractivity contribution is -0.131. The molecule has 190 valence electrons. The Morgan fingerprint density at radius 2 is 1.58 bits per heavy atom. The average Bonchev–Trinajstić information content (AvgIpc) is 2.82. The van der Waals surface area contributed by atoms with Gasteiger partial charge in [0, 0.05) is 30.1 Å². The first kappa shape index (κ1) is 26.8. The molecule has 0 unspecified atom stereocenters. The van der Waals surface area contributed by atoms with Crippen molar-refractivity contribution in [2.75, 3.05) is 11.9 Å². The first-order valence-electron chi connectivity index (χ1n) is 11.9. The highest BCUT2D eigenvalue weighted by molar-refractivity contribution is 6.01. The molecule has 0 aliphatic carbocycles. The van der Waals surface area contributed by atoms with Gasteiger partial charge in [0.05, 0.1) is 17.6 Å². The zero-order valence-electron chi connectivity index (χ0n) is 21.2. The molecule has 1 aromatic heterocycles. The normalized spacial score (nSPS) is 11.7. The number of hydrogen-bond acceptors (Lipinski definition) is 5. The molecule has 0 aliphatic heterocycles. The Morgan fingerprint density at radius 3 is 2.28 bits per heavy atom. The van der Waals surface area contributed by atoms with E-state index in [1.807, 2.05) is 58.0 Å². The van der Waals surface area contributed by atoms with Crippen LogP contribution in [-0.4, -0.2) is 34.5 Å². The molecule has 0 spiro atoms. The molecule has 8 heteroatoms. The van der Waals surface area contributed by atoms with Crippen LogP contribution in [0.3, 0.4) is 0 Å². The van der Waals surface area contributed by atoms with Gasteiger partial charge in [0.2, 0.25) is 11.8 Å². The first-order valence-corrected chi connectivity index (χ1v) is 11.9. The highest BCUT2D eigenvalue weighted by Gasteiger charge is 2.31. The fourth-order valence-corrected chi connectivity index (χ4v) is 4.68. The number of anilines is 1. The van der Waals surface area contributed by atoms with E-state index in [4.69, 9.17) is 5.21 Å². The van der Waals surface area contributed by atoms with E-state index >= 15 is 0 Å². The lowest BCUT2D eigenvalue weighted by atomic mass is 9.73. The summed E-state index contributed by atoms with van der Waals surface area (Å²) in [5.41, 5.74) is 3.78. The molecule has 0 radical (unpaired) electrons. The van der Waals surface area contributed by atoms with Gasteiger partial charge in [-0.15, -0.1) is 0 Å². The van der Waals surface area contributed by atoms with Crippen LogP contribution in [0, 0.1) is 10.8 Å². The Bertz CT molecular complexity index is 1230. The van der Waals surface area contributed by atoms with E-state index in [0.717, 1.165) is 16.5 Å². The summed E-state index contributed by atoms with van der Waals surface area (Å²) in [5, 5.41) is 15.6. The second-order valence-electron chi connectivity index (χ2n) is 10.7. The van der Waals surface area contributed by atoms with Crippen LogP contribution in [0.25, 0.3) is 10.9 Å². The molecule has 8 nitrogen and oxygen atoms in total. The third kappa shape index (κ3) is 7.61. The molecule has 0 atom stereocenters. The first-order chi connectivity index (χ1) is 17.0. The monoisotopic (exact) mass is 490 g/mol. The van der Waals surface area contributed by atoms with E-state index in [0.29, 0.717) is 24.2 Å². The van der Waals surface area contributed by atoms with Gasteiger partial charge in [-0.05, 0) is 47.1 Å². The predicted octanol–water partition coefficient (Wildman–Crippen LogP) is 4.48. The maximum atomic E-state index is 12.7. The van der Waals surface area contributed by atoms with E-state index in [1.165, 1.54) is 0 Å². The number of carbonyl (C=O) groups is 3. The molecule has 0 saturated heterocycles. The Kier molecular flexibility index (Phi) is 8.42. The van der Waals surface area contributed by atoms with Crippen LogP contribution in [0.5, 0.6) is 0 Å². The van der Waals surface area contributed by atoms with E-state index in [1.54, 1.807) is 35.9 Å². The summed E-state index contributed by atoms with van der Waals surface area (Å²) in [5.74, 6) is -0.793. The predicted molar refractivity (Wildman–Crippen MR) is 140 cm³/mol. The number of para-hydroxylation sites is 1. The Labute approximate surface area is 211 Å². The smallest absolute Gasteiger partial charge is 0.251 e. The minimum Gasteiger partial charge on any atom is -0.352 e. The minimum atomic E-state index is -0.428. The van der Waals surface area contributed by atoms with Gasteiger partial charge in [-0.25, -0.2) is 5.48 Å². The van der Waals surface area contributed by atoms with Gasteiger partial charge >= 0.3 is 0 Å². The van der Waals surface area contributed by atoms with Gasteiger partial charge in [0.25, 0.3) is 5.91 Å². The van der Waals surface area contributed by atoms with E-state index in [-0.39, 0.29) is 35.5 Å². The summed E-state index contributed by atoms with van der Waals surface area (Å²) in [6.07, 6.45) is 2.73. The Morgan fingerprint density at radius 1 is 0.889 bits per heavy atom. The molecule has 36 heavy (non-hydrogen) atoms. The van der Waals surface area contributed by atoms with E-state index in [2.05, 4.69) is 15.6 Å². The molecule has 0 aliphatic rings. The van der Waals surface area contributed by atoms with Crippen LogP contribution in [0.1, 0.15) is 56.5 Å². The fraction of sp³-hybridized carbons (Fsp3) is 0.357. The van der Waals surface area contributed by atoms with E-state index < -0.39 is 5.91 Å². The molecule has 1 heterocycles. The van der Waals surface area contributed by atoms with Crippen LogP contribution in [-0.2, 0) is 16.0 Å². The summed E-state index contributed by atoms with van der Waals surface area (Å²) in [6.45, 7) is 8.40. The third-order valence-electron chi connectivity index (χ3n) is 5.94. The van der Waals surface area contributed by atoms with Crippen LogP contribution >= 0.6 is 0 Å². The van der Waals surface area contributed by atoms with Crippen molar-refractivity contribution in [3.05, 3.63) is 71.9 Å². The molecule has 4 N–H and O–H groups in total. The number of nitrogens with zero attached hydrogens (tertiary/aromatic N) is 1. The molecule has 3 rings (SSSR count). The van der Waals surface area contributed by atoms with Crippen molar-refractivity contribution in [3.63, 3.8) is 0 Å². The van der Waals surface area contributed by atoms with Gasteiger partial charge in [-0.1, -0.05) is 58.0 Å². The van der Waals surface area contributed by atoms with Crippen molar-refractivity contribution in [2.24, 2.45) is 10.8 Å². The van der Waals surface area contributed by atoms with Crippen molar-refractivity contribution in [3.8, 4) is 0 Å². The summed E-state index contributed by atoms with van der Waals surface area (Å²) in [6, 6.07) is 16.4. The number of amides is 3. The Hall–Kier alpha value is -3.78. The van der Waals surface area contributed by atoms with Crippen molar-refractivity contribution in [1.29, 1.82) is 0 Å². The van der Waals surface area contributed by atoms with Crippen LogP contribution in [0.4, 0.5) is 5.69 Å². The SMILES string of the molecule is CC(C)(CNC(=O)c1ccc(CC(=O)Nc2cccc3cccnc23)cc1)CC(C)(C)CC(=O)NO. The van der Waals surface area contributed by atoms with Crippen LogP contribution < -0.4 is 16.1 Å². The topological polar surface area (TPSA) is 120 Å². The van der Waals surface area contributed by atoms with Gasteiger partial charge in [-0.3, -0.25) is 24.6 Å². The highest BCUT2D eigenvalue weighted by Crippen LogP contribution is 2.35. The quantitative estimate of drug-likeness (QED) is 0.247. The van der Waals surface area contributed by atoms with Gasteiger partial charge < -0.3 is 10.6 Å². The standard InChI is InChI=1S/C28H34N4O4/c1-27(2,16-24(34)32-36)17-28(3,4)18-30-26(35)21-12-10-19(11-13-21)15-23(33)31-22-9-5-7-20-8-6-14-29-25(20)22/h5-14,36H,15-18H2,1-4H3,(H,30,35)(H,31,33)(H,32,34). The number of benzene rings is 2. The third-order valence-corrected chi connectivity index (χ3v) is 5.94. The van der Waals surface area contributed by atoms with E-state index in [9.17, 15) is 14.4 Å². The maximum Gasteiger partial charge on any atom is 0.251 e. The van der Waals surface area contributed by atoms with Gasteiger partial charge in [-0.2, -0.15) is 0 Å². The second kappa shape index (κ2) is 11.3. The summed E-state index contributed by atoms with van der Waals surface area (Å²) >= 11 is 0. The zero-order chi connectivity index (χ0) is 26.3. The van der Waals surface area contributed by atoms with Crippen molar-refractivity contribution in [1.82, 2.24) is 15.8 Å². The molecule has 0 saturated carbocycles. The maximum absolute atomic E-state index is 12.7. The number of nitrogens with one attached hydrogen (secondary N) is 3. The van der Waals surface area contributed by atoms with Crippen molar-refractivity contribution in [2.45, 2.75) is 47.0 Å². The summed E-state index contributed by atoms with van der Waals surface area (Å²) in [4.78, 5) is 41.2. The lowest BCUT2D eigenvalue weighted by Crippen LogP contribution is -2.38. The zero-order valence-corrected chi connectivity index (χ0v) is 21.2. The molecule has 0 fully saturated rings. The van der Waals surface area contributed by atoms with Gasteiger partial charge in [0.1, 0.15) is 0 Å². The minimum absolute atomic E-state index is 0.162. The number of fused-ring (bicyclic) bond motifs is 1. The second-order valence-corrected chi connectivity index (χ2v) is 10.7. The van der Waals surface area contributed by atoms with Crippen molar-refractivity contribution >= 4 is 34.3 Å². The number of hydroxylamine groups is 1. The summed E-state index contributed by atoms with van der Waals surface area (Å²) < 4.78 is 0. The molecular formula is C28H34N4O4.